The zero-order valence-corrected chi connectivity index (χ0v) is 10.7. The van der Waals surface area contributed by atoms with Gasteiger partial charge in [-0.3, -0.25) is 0 Å². The Hall–Kier alpha value is -1.22. The van der Waals surface area contributed by atoms with Gasteiger partial charge in [-0.1, -0.05) is 6.07 Å². The van der Waals surface area contributed by atoms with Gasteiger partial charge in [0.05, 0.1) is 13.2 Å². The Bertz CT molecular complexity index is 411. The molecule has 0 saturated heterocycles. The number of benzene rings is 1. The zero-order valence-electron chi connectivity index (χ0n) is 10.7. The van der Waals surface area contributed by atoms with Crippen molar-refractivity contribution >= 4 is 0 Å². The minimum Gasteiger partial charge on any atom is -0.490 e. The van der Waals surface area contributed by atoms with Gasteiger partial charge in [0.1, 0.15) is 0 Å². The quantitative estimate of drug-likeness (QED) is 0.830. The molecule has 1 aromatic carbocycles. The number of ether oxygens (including phenoxy) is 2. The van der Waals surface area contributed by atoms with Gasteiger partial charge >= 0.3 is 0 Å². The number of hydrogen-bond donors (Lipinski definition) is 1. The molecule has 18 heavy (non-hydrogen) atoms. The number of hydrogen-bond acceptors (Lipinski definition) is 3. The summed E-state index contributed by atoms with van der Waals surface area (Å²) in [6, 6.07) is 6.82. The summed E-state index contributed by atoms with van der Waals surface area (Å²) in [5, 5.41) is 0. The molecular weight excluding hydrogens is 226 g/mol. The Kier molecular flexibility index (Phi) is 3.41. The van der Waals surface area contributed by atoms with E-state index >= 15 is 0 Å². The molecule has 0 radical (unpaired) electrons. The van der Waals surface area contributed by atoms with Crippen LogP contribution in [0.15, 0.2) is 18.2 Å². The Balaban J connectivity index is 1.79. The Morgan fingerprint density at radius 1 is 0.944 bits per heavy atom. The van der Waals surface area contributed by atoms with Crippen molar-refractivity contribution in [2.75, 3.05) is 13.2 Å². The zero-order chi connectivity index (χ0) is 12.4. The van der Waals surface area contributed by atoms with Gasteiger partial charge in [-0.25, -0.2) is 0 Å². The minimum absolute atomic E-state index is 0.404. The second-order valence-electron chi connectivity index (χ2n) is 5.37. The normalized spacial score (nSPS) is 27.6. The molecule has 1 aliphatic carbocycles. The van der Waals surface area contributed by atoms with Crippen LogP contribution in [-0.4, -0.2) is 19.3 Å². The summed E-state index contributed by atoms with van der Waals surface area (Å²) in [5.74, 6) is 2.45. The minimum atomic E-state index is 0.404. The van der Waals surface area contributed by atoms with Gasteiger partial charge in [0.2, 0.25) is 0 Å². The summed E-state index contributed by atoms with van der Waals surface area (Å²) in [4.78, 5) is 0. The van der Waals surface area contributed by atoms with E-state index in [0.717, 1.165) is 44.0 Å². The first-order valence-corrected chi connectivity index (χ1v) is 6.98. The smallest absolute Gasteiger partial charge is 0.161 e. The first-order valence-electron chi connectivity index (χ1n) is 6.98. The molecule has 0 aromatic heterocycles. The Morgan fingerprint density at radius 3 is 2.44 bits per heavy atom. The predicted octanol–water partition coefficient (Wildman–Crippen LogP) is 2.83. The standard InChI is InChI=1S/C15H21NO2/c16-13-5-2-11(3-6-13)12-4-7-14-15(10-12)18-9-1-8-17-14/h4,7,10-11,13H,1-3,5-6,8-9,16H2. The first kappa shape index (κ1) is 11.8. The lowest BCUT2D eigenvalue weighted by molar-refractivity contribution is 0.297. The lowest BCUT2D eigenvalue weighted by Crippen LogP contribution is -2.25. The summed E-state index contributed by atoms with van der Waals surface area (Å²) < 4.78 is 11.4. The van der Waals surface area contributed by atoms with Crippen molar-refractivity contribution in [2.24, 2.45) is 5.73 Å². The Labute approximate surface area is 108 Å². The molecule has 1 aliphatic heterocycles. The SMILES string of the molecule is NC1CCC(c2ccc3c(c2)OCCCO3)CC1. The van der Waals surface area contributed by atoms with E-state index in [1.54, 1.807) is 0 Å². The molecule has 98 valence electrons. The molecule has 0 amide bonds. The number of rotatable bonds is 1. The predicted molar refractivity (Wildman–Crippen MR) is 71.2 cm³/mol. The van der Waals surface area contributed by atoms with E-state index < -0.39 is 0 Å². The third-order valence-electron chi connectivity index (χ3n) is 4.01. The third-order valence-corrected chi connectivity index (χ3v) is 4.01. The van der Waals surface area contributed by atoms with Gasteiger partial charge in [0.25, 0.3) is 0 Å². The fourth-order valence-corrected chi connectivity index (χ4v) is 2.89. The van der Waals surface area contributed by atoms with Gasteiger partial charge in [-0.05, 0) is 49.3 Å². The third kappa shape index (κ3) is 2.46. The van der Waals surface area contributed by atoms with E-state index in [9.17, 15) is 0 Å². The first-order chi connectivity index (χ1) is 8.83. The van der Waals surface area contributed by atoms with E-state index in [1.165, 1.54) is 18.4 Å². The molecule has 0 bridgehead atoms. The highest BCUT2D eigenvalue weighted by Crippen LogP contribution is 2.37. The van der Waals surface area contributed by atoms with Crippen LogP contribution < -0.4 is 15.2 Å². The van der Waals surface area contributed by atoms with E-state index in [2.05, 4.69) is 18.2 Å². The maximum atomic E-state index is 5.96. The molecule has 1 heterocycles. The van der Waals surface area contributed by atoms with E-state index in [-0.39, 0.29) is 0 Å². The number of nitrogens with two attached hydrogens (primary N) is 1. The van der Waals surface area contributed by atoms with Gasteiger partial charge in [0, 0.05) is 12.5 Å². The molecule has 2 N–H and O–H groups in total. The molecule has 3 nitrogen and oxygen atoms in total. The van der Waals surface area contributed by atoms with Crippen LogP contribution in [0.3, 0.4) is 0 Å². The largest absolute Gasteiger partial charge is 0.490 e. The van der Waals surface area contributed by atoms with E-state index in [0.29, 0.717) is 12.0 Å². The van der Waals surface area contributed by atoms with Crippen LogP contribution in [0.1, 0.15) is 43.6 Å². The van der Waals surface area contributed by atoms with Gasteiger partial charge in [-0.15, -0.1) is 0 Å². The lowest BCUT2D eigenvalue weighted by atomic mass is 9.82. The van der Waals surface area contributed by atoms with E-state index in [1.807, 2.05) is 0 Å². The van der Waals surface area contributed by atoms with Gasteiger partial charge < -0.3 is 15.2 Å². The molecular formula is C15H21NO2. The van der Waals surface area contributed by atoms with Crippen molar-refractivity contribution in [3.8, 4) is 11.5 Å². The molecule has 3 heteroatoms. The maximum absolute atomic E-state index is 5.96. The van der Waals surface area contributed by atoms with Crippen LogP contribution >= 0.6 is 0 Å². The molecule has 2 aliphatic rings. The molecule has 3 rings (SSSR count). The number of fused-ring (bicyclic) bond motifs is 1. The average molecular weight is 247 g/mol. The fraction of sp³-hybridized carbons (Fsp3) is 0.600. The van der Waals surface area contributed by atoms with Gasteiger partial charge in [-0.2, -0.15) is 0 Å². The van der Waals surface area contributed by atoms with Crippen molar-refractivity contribution in [3.63, 3.8) is 0 Å². The molecule has 1 aromatic rings. The highest BCUT2D eigenvalue weighted by Gasteiger charge is 2.21. The molecule has 1 fully saturated rings. The summed E-state index contributed by atoms with van der Waals surface area (Å²) >= 11 is 0. The summed E-state index contributed by atoms with van der Waals surface area (Å²) in [7, 11) is 0. The van der Waals surface area contributed by atoms with Gasteiger partial charge in [0.15, 0.2) is 11.5 Å². The van der Waals surface area contributed by atoms with Crippen LogP contribution in [0.2, 0.25) is 0 Å². The molecule has 0 atom stereocenters. The van der Waals surface area contributed by atoms with Crippen molar-refractivity contribution in [2.45, 2.75) is 44.1 Å². The highest BCUT2D eigenvalue weighted by atomic mass is 16.5. The summed E-state index contributed by atoms with van der Waals surface area (Å²) in [6.45, 7) is 1.51. The van der Waals surface area contributed by atoms with Crippen LogP contribution in [0.5, 0.6) is 11.5 Å². The molecule has 1 saturated carbocycles. The Morgan fingerprint density at radius 2 is 1.67 bits per heavy atom. The van der Waals surface area contributed by atoms with Crippen LogP contribution in [-0.2, 0) is 0 Å². The second-order valence-corrected chi connectivity index (χ2v) is 5.37. The fourth-order valence-electron chi connectivity index (χ4n) is 2.89. The van der Waals surface area contributed by atoms with Crippen molar-refractivity contribution in [1.29, 1.82) is 0 Å². The monoisotopic (exact) mass is 247 g/mol. The highest BCUT2D eigenvalue weighted by molar-refractivity contribution is 5.44. The van der Waals surface area contributed by atoms with Crippen molar-refractivity contribution < 1.29 is 9.47 Å². The van der Waals surface area contributed by atoms with Crippen molar-refractivity contribution in [3.05, 3.63) is 23.8 Å². The summed E-state index contributed by atoms with van der Waals surface area (Å²) in [6.07, 6.45) is 5.63. The topological polar surface area (TPSA) is 44.5 Å². The second kappa shape index (κ2) is 5.19. The molecule has 0 spiro atoms. The van der Waals surface area contributed by atoms with Crippen LogP contribution in [0, 0.1) is 0 Å². The summed E-state index contributed by atoms with van der Waals surface area (Å²) in [5.41, 5.74) is 7.34. The van der Waals surface area contributed by atoms with Crippen molar-refractivity contribution in [1.82, 2.24) is 0 Å². The van der Waals surface area contributed by atoms with E-state index in [4.69, 9.17) is 15.2 Å². The maximum Gasteiger partial charge on any atom is 0.161 e. The average Bonchev–Trinajstić information content (AvgIpc) is 2.64. The van der Waals surface area contributed by atoms with Crippen LogP contribution in [0.4, 0.5) is 0 Å². The van der Waals surface area contributed by atoms with Crippen LogP contribution in [0.25, 0.3) is 0 Å². The molecule has 0 unspecified atom stereocenters. The lowest BCUT2D eigenvalue weighted by Gasteiger charge is -2.26.